The second-order valence-corrected chi connectivity index (χ2v) is 33.3. The minimum atomic E-state index is -4.96. The molecule has 102 heavy (non-hydrogen) atoms. The Bertz CT molecular complexity index is 1960. The number of carbonyl (C=O) groups excluding carboxylic acids is 4. The van der Waals surface area contributed by atoms with Crippen LogP contribution in [-0.2, 0) is 65.4 Å². The summed E-state index contributed by atoms with van der Waals surface area (Å²) in [6.45, 7) is 9.63. The Morgan fingerprint density at radius 3 is 0.696 bits per heavy atom. The predicted molar refractivity (Wildman–Crippen MR) is 418 cm³/mol. The van der Waals surface area contributed by atoms with Crippen molar-refractivity contribution < 1.29 is 80.2 Å². The van der Waals surface area contributed by atoms with Gasteiger partial charge in [-0.2, -0.15) is 0 Å². The molecule has 606 valence electrons. The number of hydrogen-bond acceptors (Lipinski definition) is 15. The molecule has 7 atom stereocenters. The molecule has 0 aliphatic rings. The Labute approximate surface area is 626 Å². The maximum absolute atomic E-state index is 13.1. The first kappa shape index (κ1) is 100. The van der Waals surface area contributed by atoms with E-state index in [2.05, 4.69) is 41.5 Å². The molecule has 0 aromatic rings. The van der Waals surface area contributed by atoms with Crippen LogP contribution in [-0.4, -0.2) is 96.7 Å². The Hall–Kier alpha value is -1.94. The topological polar surface area (TPSA) is 237 Å². The molecule has 0 fully saturated rings. The van der Waals surface area contributed by atoms with Crippen LogP contribution in [0.5, 0.6) is 0 Å². The van der Waals surface area contributed by atoms with Crippen LogP contribution in [0.25, 0.3) is 0 Å². The van der Waals surface area contributed by atoms with E-state index in [1.54, 1.807) is 0 Å². The first-order chi connectivity index (χ1) is 49.4. The van der Waals surface area contributed by atoms with Crippen LogP contribution in [0.4, 0.5) is 0 Å². The van der Waals surface area contributed by atoms with Gasteiger partial charge >= 0.3 is 39.5 Å². The predicted octanol–water partition coefficient (Wildman–Crippen LogP) is 25.1. The number of unbranched alkanes of at least 4 members (excludes halogenated alkanes) is 50. The summed E-state index contributed by atoms with van der Waals surface area (Å²) in [5, 5.41) is 10.7. The van der Waals surface area contributed by atoms with Gasteiger partial charge in [-0.1, -0.05) is 388 Å². The lowest BCUT2D eigenvalue weighted by atomic mass is 9.99. The summed E-state index contributed by atoms with van der Waals surface area (Å²) >= 11 is 0. The average molecular weight is 1490 g/mol. The standard InChI is InChI=1S/C83H162O17P2/c1-7-11-13-15-17-19-21-23-25-27-28-29-30-32-34-36-38-43-47-55-61-67-82(87)99-78(71-93-80(85)65-59-53-46-42-37-35-33-31-26-24-22-20-18-16-14-12-8-2)73-97-101(89,90)95-69-77(84)70-96-102(91,92)98-74-79(72-94-81(86)66-60-54-50-49-52-58-64-76(6)10-4)100-83(88)68-62-56-48-44-40-39-41-45-51-57-63-75(5)9-3/h75-79,84H,7-74H2,1-6H3,(H,89,90)(H,91,92)/t75?,76?,77-,78-,79-/m1/s1. The van der Waals surface area contributed by atoms with Crippen LogP contribution in [0.15, 0.2) is 0 Å². The normalized spacial score (nSPS) is 14.4. The molecule has 17 nitrogen and oxygen atoms in total. The van der Waals surface area contributed by atoms with Crippen molar-refractivity contribution in [1.82, 2.24) is 0 Å². The maximum Gasteiger partial charge on any atom is 0.472 e. The molecule has 4 unspecified atom stereocenters. The molecule has 0 amide bonds. The fraction of sp³-hybridized carbons (Fsp3) is 0.952. The van der Waals surface area contributed by atoms with E-state index >= 15 is 0 Å². The molecule has 0 aromatic carbocycles. The summed E-state index contributed by atoms with van der Waals surface area (Å²) < 4.78 is 68.8. The largest absolute Gasteiger partial charge is 0.472 e. The quantitative estimate of drug-likeness (QED) is 0.0222. The number of esters is 4. The smallest absolute Gasteiger partial charge is 0.462 e. The maximum atomic E-state index is 13.1. The van der Waals surface area contributed by atoms with Crippen molar-refractivity contribution in [2.45, 2.75) is 458 Å². The summed E-state index contributed by atoms with van der Waals surface area (Å²) in [6.07, 6.45) is 65.3. The zero-order chi connectivity index (χ0) is 74.9. The number of hydrogen-bond donors (Lipinski definition) is 3. The molecule has 0 spiro atoms. The van der Waals surface area contributed by atoms with Crippen molar-refractivity contribution in [3.05, 3.63) is 0 Å². The van der Waals surface area contributed by atoms with E-state index in [1.165, 1.54) is 250 Å². The lowest BCUT2D eigenvalue weighted by Gasteiger charge is -2.21. The van der Waals surface area contributed by atoms with Crippen LogP contribution in [0.2, 0.25) is 0 Å². The minimum Gasteiger partial charge on any atom is -0.462 e. The number of aliphatic hydroxyl groups is 1. The van der Waals surface area contributed by atoms with Crippen LogP contribution in [0, 0.1) is 11.8 Å². The Morgan fingerprint density at radius 2 is 0.471 bits per heavy atom. The SMILES string of the molecule is CCCCCCCCCCCCCCCCCCCCCCCC(=O)O[C@H](COC(=O)CCCCCCCCCCCCCCCCCCC)COP(=O)(O)OC[C@@H](O)COP(=O)(O)OC[C@@H](COC(=O)CCCCCCCCC(C)CC)OC(=O)CCCCCCCCCCCCC(C)CC. The highest BCUT2D eigenvalue weighted by Crippen LogP contribution is 2.45. The number of carbonyl (C=O) groups is 4. The van der Waals surface area contributed by atoms with Crippen molar-refractivity contribution in [2.75, 3.05) is 39.6 Å². The van der Waals surface area contributed by atoms with E-state index in [0.29, 0.717) is 25.7 Å². The van der Waals surface area contributed by atoms with Gasteiger partial charge in [-0.25, -0.2) is 9.13 Å². The highest BCUT2D eigenvalue weighted by Gasteiger charge is 2.30. The van der Waals surface area contributed by atoms with Crippen LogP contribution < -0.4 is 0 Å². The van der Waals surface area contributed by atoms with Crippen LogP contribution >= 0.6 is 15.6 Å². The van der Waals surface area contributed by atoms with E-state index in [1.807, 2.05) is 0 Å². The highest BCUT2D eigenvalue weighted by atomic mass is 31.2. The molecule has 0 saturated carbocycles. The van der Waals surface area contributed by atoms with Crippen molar-refractivity contribution in [2.24, 2.45) is 11.8 Å². The second-order valence-electron chi connectivity index (χ2n) is 30.4. The molecular weight excluding hydrogens is 1330 g/mol. The van der Waals surface area contributed by atoms with E-state index < -0.39 is 97.5 Å². The molecule has 0 rings (SSSR count). The third-order valence-corrected chi connectivity index (χ3v) is 22.1. The second kappa shape index (κ2) is 74.5. The zero-order valence-corrected chi connectivity index (χ0v) is 68.7. The Kier molecular flexibility index (Phi) is 73.1. The average Bonchev–Trinajstić information content (AvgIpc) is 0.926. The third-order valence-electron chi connectivity index (χ3n) is 20.2. The van der Waals surface area contributed by atoms with E-state index in [-0.39, 0.29) is 25.7 Å². The van der Waals surface area contributed by atoms with Gasteiger partial charge in [-0.15, -0.1) is 0 Å². The molecule has 0 radical (unpaired) electrons. The van der Waals surface area contributed by atoms with Crippen molar-refractivity contribution >= 4 is 39.5 Å². The zero-order valence-electron chi connectivity index (χ0n) is 66.9. The molecule has 0 aromatic heterocycles. The molecule has 0 saturated heterocycles. The van der Waals surface area contributed by atoms with E-state index in [9.17, 15) is 43.2 Å². The van der Waals surface area contributed by atoms with Crippen LogP contribution in [0.1, 0.15) is 440 Å². The molecular formula is C83H162O17P2. The summed E-state index contributed by atoms with van der Waals surface area (Å²) in [4.78, 5) is 73.1. The van der Waals surface area contributed by atoms with Crippen molar-refractivity contribution in [3.8, 4) is 0 Å². The van der Waals surface area contributed by atoms with E-state index in [0.717, 1.165) is 108 Å². The Balaban J connectivity index is 5.23. The molecule has 19 heteroatoms. The van der Waals surface area contributed by atoms with Gasteiger partial charge in [0.25, 0.3) is 0 Å². The van der Waals surface area contributed by atoms with Gasteiger partial charge in [0.2, 0.25) is 0 Å². The van der Waals surface area contributed by atoms with Gasteiger partial charge in [0.05, 0.1) is 26.4 Å². The van der Waals surface area contributed by atoms with Gasteiger partial charge in [0.15, 0.2) is 12.2 Å². The van der Waals surface area contributed by atoms with E-state index in [4.69, 9.17) is 37.0 Å². The molecule has 0 heterocycles. The molecule has 0 aliphatic carbocycles. The lowest BCUT2D eigenvalue weighted by molar-refractivity contribution is -0.161. The van der Waals surface area contributed by atoms with Crippen molar-refractivity contribution in [1.29, 1.82) is 0 Å². The van der Waals surface area contributed by atoms with Gasteiger partial charge in [-0.05, 0) is 37.5 Å². The fourth-order valence-corrected chi connectivity index (χ4v) is 14.4. The monoisotopic (exact) mass is 1490 g/mol. The van der Waals surface area contributed by atoms with Crippen LogP contribution in [0.3, 0.4) is 0 Å². The first-order valence-corrected chi connectivity index (χ1v) is 46.1. The fourth-order valence-electron chi connectivity index (χ4n) is 12.8. The van der Waals surface area contributed by atoms with Gasteiger partial charge < -0.3 is 33.8 Å². The molecule has 0 bridgehead atoms. The van der Waals surface area contributed by atoms with Gasteiger partial charge in [0, 0.05) is 25.7 Å². The number of rotatable bonds is 82. The third kappa shape index (κ3) is 73.6. The van der Waals surface area contributed by atoms with Crippen molar-refractivity contribution in [3.63, 3.8) is 0 Å². The number of aliphatic hydroxyl groups excluding tert-OH is 1. The first-order valence-electron chi connectivity index (χ1n) is 43.1. The number of phosphoric ester groups is 2. The van der Waals surface area contributed by atoms with Gasteiger partial charge in [-0.3, -0.25) is 37.3 Å². The molecule has 0 aliphatic heterocycles. The summed E-state index contributed by atoms with van der Waals surface area (Å²) in [7, 11) is -9.92. The number of phosphoric acid groups is 2. The minimum absolute atomic E-state index is 0.106. The molecule has 3 N–H and O–H groups in total. The van der Waals surface area contributed by atoms with Gasteiger partial charge in [0.1, 0.15) is 19.3 Å². The lowest BCUT2D eigenvalue weighted by Crippen LogP contribution is -2.30. The summed E-state index contributed by atoms with van der Waals surface area (Å²) in [5.41, 5.74) is 0. The Morgan fingerprint density at radius 1 is 0.275 bits per heavy atom. The summed E-state index contributed by atoms with van der Waals surface area (Å²) in [5.74, 6) is -0.574. The number of ether oxygens (including phenoxy) is 4. The highest BCUT2D eigenvalue weighted by molar-refractivity contribution is 7.47. The summed E-state index contributed by atoms with van der Waals surface area (Å²) in [6, 6.07) is 0.